The summed E-state index contributed by atoms with van der Waals surface area (Å²) in [6.45, 7) is 6.42. The maximum absolute atomic E-state index is 5.08. The molecule has 0 radical (unpaired) electrons. The quantitative estimate of drug-likeness (QED) is 0.350. The van der Waals surface area contributed by atoms with Crippen molar-refractivity contribution in [1.82, 2.24) is 4.98 Å². The standard InChI is InChI=1S/C27H25N3S/c1-18-9-12-21(13-10-18)25-17-31-27(28-25)30-26(22-7-5-4-6-8-22)16-24(29-30)23-14-11-19(2)20(3)15-23/h4-15,17,26H,16H2,1-3H3/t26-/m1/s1. The van der Waals surface area contributed by atoms with Crippen LogP contribution in [0.5, 0.6) is 0 Å². The maximum atomic E-state index is 5.08. The van der Waals surface area contributed by atoms with Gasteiger partial charge in [0.15, 0.2) is 0 Å². The van der Waals surface area contributed by atoms with Crippen molar-refractivity contribution in [2.75, 3.05) is 5.01 Å². The number of thiazole rings is 1. The lowest BCUT2D eigenvalue weighted by Gasteiger charge is -2.21. The van der Waals surface area contributed by atoms with E-state index in [9.17, 15) is 0 Å². The van der Waals surface area contributed by atoms with Crippen LogP contribution >= 0.6 is 11.3 Å². The highest BCUT2D eigenvalue weighted by atomic mass is 32.1. The largest absolute Gasteiger partial charge is 0.231 e. The molecule has 5 rings (SSSR count). The van der Waals surface area contributed by atoms with Crippen LogP contribution in [0, 0.1) is 20.8 Å². The molecule has 0 spiro atoms. The molecule has 2 heterocycles. The molecule has 0 aliphatic carbocycles. The number of hydrazone groups is 1. The smallest absolute Gasteiger partial charge is 0.207 e. The second-order valence-electron chi connectivity index (χ2n) is 8.20. The minimum absolute atomic E-state index is 0.148. The molecule has 1 aromatic heterocycles. The summed E-state index contributed by atoms with van der Waals surface area (Å²) in [5, 5.41) is 10.3. The van der Waals surface area contributed by atoms with Crippen LogP contribution in [0.3, 0.4) is 0 Å². The number of hydrogen-bond acceptors (Lipinski definition) is 4. The fourth-order valence-electron chi connectivity index (χ4n) is 3.94. The van der Waals surface area contributed by atoms with Gasteiger partial charge < -0.3 is 0 Å². The summed E-state index contributed by atoms with van der Waals surface area (Å²) in [6, 6.07) is 25.9. The maximum Gasteiger partial charge on any atom is 0.207 e. The highest BCUT2D eigenvalue weighted by molar-refractivity contribution is 7.14. The van der Waals surface area contributed by atoms with E-state index < -0.39 is 0 Å². The van der Waals surface area contributed by atoms with E-state index in [0.717, 1.165) is 28.5 Å². The Balaban J connectivity index is 1.53. The third kappa shape index (κ3) is 3.91. The van der Waals surface area contributed by atoms with E-state index in [1.54, 1.807) is 11.3 Å². The highest BCUT2D eigenvalue weighted by Gasteiger charge is 2.31. The van der Waals surface area contributed by atoms with Gasteiger partial charge in [0.05, 0.1) is 17.4 Å². The van der Waals surface area contributed by atoms with Crippen molar-refractivity contribution >= 4 is 22.2 Å². The van der Waals surface area contributed by atoms with Crippen molar-refractivity contribution in [2.45, 2.75) is 33.2 Å². The fraction of sp³-hybridized carbons (Fsp3) is 0.185. The number of aryl methyl sites for hydroxylation is 3. The predicted molar refractivity (Wildman–Crippen MR) is 131 cm³/mol. The minimum Gasteiger partial charge on any atom is -0.231 e. The zero-order valence-corrected chi connectivity index (χ0v) is 18.9. The summed E-state index contributed by atoms with van der Waals surface area (Å²) >= 11 is 1.65. The molecule has 0 amide bonds. The van der Waals surface area contributed by atoms with Crippen LogP contribution in [0.1, 0.15) is 40.3 Å². The van der Waals surface area contributed by atoms with Crippen LogP contribution in [0.25, 0.3) is 11.3 Å². The Morgan fingerprint density at radius 1 is 0.839 bits per heavy atom. The molecule has 3 aromatic carbocycles. The lowest BCUT2D eigenvalue weighted by Crippen LogP contribution is -2.18. The molecule has 0 N–H and O–H groups in total. The van der Waals surface area contributed by atoms with E-state index in [2.05, 4.69) is 104 Å². The van der Waals surface area contributed by atoms with Crippen molar-refractivity contribution in [3.8, 4) is 11.3 Å². The molecule has 4 aromatic rings. The van der Waals surface area contributed by atoms with Gasteiger partial charge in [-0.2, -0.15) is 5.10 Å². The Kier molecular flexibility index (Phi) is 5.16. The molecule has 154 valence electrons. The molecule has 1 aliphatic heterocycles. The zero-order valence-electron chi connectivity index (χ0n) is 18.0. The summed E-state index contributed by atoms with van der Waals surface area (Å²) in [7, 11) is 0. The first-order chi connectivity index (χ1) is 15.1. The Labute approximate surface area is 187 Å². The molecule has 1 aliphatic rings. The number of hydrogen-bond donors (Lipinski definition) is 0. The van der Waals surface area contributed by atoms with E-state index in [4.69, 9.17) is 10.1 Å². The van der Waals surface area contributed by atoms with Crippen LogP contribution in [0.4, 0.5) is 5.13 Å². The van der Waals surface area contributed by atoms with Crippen molar-refractivity contribution in [1.29, 1.82) is 0 Å². The molecular formula is C27H25N3S. The molecule has 31 heavy (non-hydrogen) atoms. The van der Waals surface area contributed by atoms with Crippen LogP contribution < -0.4 is 5.01 Å². The minimum atomic E-state index is 0.148. The van der Waals surface area contributed by atoms with E-state index in [-0.39, 0.29) is 6.04 Å². The number of rotatable bonds is 4. The molecule has 0 saturated carbocycles. The Morgan fingerprint density at radius 3 is 2.32 bits per heavy atom. The second kappa shape index (κ2) is 8.12. The van der Waals surface area contributed by atoms with E-state index >= 15 is 0 Å². The van der Waals surface area contributed by atoms with E-state index in [1.807, 2.05) is 0 Å². The Bertz CT molecular complexity index is 1240. The van der Waals surface area contributed by atoms with Gasteiger partial charge in [-0.25, -0.2) is 9.99 Å². The summed E-state index contributed by atoms with van der Waals surface area (Å²) in [5.41, 5.74) is 9.57. The first-order valence-electron chi connectivity index (χ1n) is 10.6. The Hall–Kier alpha value is -3.24. The van der Waals surface area contributed by atoms with Gasteiger partial charge in [0.1, 0.15) is 0 Å². The van der Waals surface area contributed by atoms with Crippen molar-refractivity contribution in [3.63, 3.8) is 0 Å². The molecular weight excluding hydrogens is 398 g/mol. The van der Waals surface area contributed by atoms with Gasteiger partial charge >= 0.3 is 0 Å². The van der Waals surface area contributed by atoms with Gasteiger partial charge in [0.25, 0.3) is 0 Å². The van der Waals surface area contributed by atoms with Gasteiger partial charge in [-0.15, -0.1) is 11.3 Å². The van der Waals surface area contributed by atoms with Gasteiger partial charge in [-0.1, -0.05) is 72.3 Å². The molecule has 0 bridgehead atoms. The first kappa shape index (κ1) is 19.7. The summed E-state index contributed by atoms with van der Waals surface area (Å²) < 4.78 is 0. The fourth-order valence-corrected chi connectivity index (χ4v) is 4.78. The van der Waals surface area contributed by atoms with Gasteiger partial charge in [-0.3, -0.25) is 0 Å². The van der Waals surface area contributed by atoms with Crippen LogP contribution in [0.2, 0.25) is 0 Å². The third-order valence-corrected chi connectivity index (χ3v) is 6.80. The average Bonchev–Trinajstić information content (AvgIpc) is 3.44. The first-order valence-corrected chi connectivity index (χ1v) is 11.5. The van der Waals surface area contributed by atoms with Crippen molar-refractivity contribution < 1.29 is 0 Å². The molecule has 0 saturated heterocycles. The van der Waals surface area contributed by atoms with Crippen molar-refractivity contribution in [2.24, 2.45) is 5.10 Å². The molecule has 4 heteroatoms. The SMILES string of the molecule is Cc1ccc(-c2csc(N3N=C(c4ccc(C)c(C)c4)C[C@@H]3c3ccccc3)n2)cc1. The third-order valence-electron chi connectivity index (χ3n) is 5.97. The van der Waals surface area contributed by atoms with E-state index in [1.165, 1.54) is 27.8 Å². The van der Waals surface area contributed by atoms with Crippen LogP contribution in [-0.4, -0.2) is 10.7 Å². The van der Waals surface area contributed by atoms with Gasteiger partial charge in [-0.05, 0) is 49.1 Å². The zero-order chi connectivity index (χ0) is 21.4. The van der Waals surface area contributed by atoms with Gasteiger partial charge in [0.2, 0.25) is 5.13 Å². The molecule has 1 atom stereocenters. The molecule has 3 nitrogen and oxygen atoms in total. The van der Waals surface area contributed by atoms with Crippen LogP contribution in [0.15, 0.2) is 83.3 Å². The number of benzene rings is 3. The topological polar surface area (TPSA) is 28.5 Å². The lowest BCUT2D eigenvalue weighted by molar-refractivity contribution is 0.706. The van der Waals surface area contributed by atoms with Gasteiger partial charge in [0, 0.05) is 17.4 Å². The second-order valence-corrected chi connectivity index (χ2v) is 9.04. The van der Waals surface area contributed by atoms with Crippen LogP contribution in [-0.2, 0) is 0 Å². The van der Waals surface area contributed by atoms with E-state index in [0.29, 0.717) is 0 Å². The normalized spacial score (nSPS) is 15.9. The number of aromatic nitrogens is 1. The monoisotopic (exact) mass is 423 g/mol. The number of nitrogens with zero attached hydrogens (tertiary/aromatic N) is 3. The average molecular weight is 424 g/mol. The highest BCUT2D eigenvalue weighted by Crippen LogP contribution is 2.39. The lowest BCUT2D eigenvalue weighted by atomic mass is 9.97. The molecule has 0 unspecified atom stereocenters. The van der Waals surface area contributed by atoms with Crippen molar-refractivity contribution in [3.05, 3.63) is 106 Å². The summed E-state index contributed by atoms with van der Waals surface area (Å²) in [4.78, 5) is 4.97. The Morgan fingerprint density at radius 2 is 1.58 bits per heavy atom. The molecule has 0 fully saturated rings. The number of anilines is 1. The summed E-state index contributed by atoms with van der Waals surface area (Å²) in [6.07, 6.45) is 0.867. The predicted octanol–water partition coefficient (Wildman–Crippen LogP) is 7.09. The summed E-state index contributed by atoms with van der Waals surface area (Å²) in [5.74, 6) is 0.